The van der Waals surface area contributed by atoms with Crippen LogP contribution in [0.25, 0.3) is 0 Å². The van der Waals surface area contributed by atoms with Crippen LogP contribution in [0.15, 0.2) is 0 Å². The lowest BCUT2D eigenvalue weighted by Gasteiger charge is -2.23. The lowest BCUT2D eigenvalue weighted by atomic mass is 9.98. The van der Waals surface area contributed by atoms with Crippen LogP contribution in [-0.2, 0) is 9.59 Å². The highest BCUT2D eigenvalue weighted by atomic mass is 16.2. The summed E-state index contributed by atoms with van der Waals surface area (Å²) in [5, 5.41) is 2.68. The lowest BCUT2D eigenvalue weighted by Crippen LogP contribution is -2.51. The number of amides is 1. The second kappa shape index (κ2) is 13.5. The Morgan fingerprint density at radius 2 is 1.26 bits per heavy atom. The van der Waals surface area contributed by atoms with Gasteiger partial charge >= 0.3 is 0 Å². The van der Waals surface area contributed by atoms with Gasteiger partial charge in [0.05, 0.1) is 12.1 Å². The molecule has 0 fully saturated rings. The van der Waals surface area contributed by atoms with Crippen molar-refractivity contribution in [1.82, 2.24) is 5.32 Å². The van der Waals surface area contributed by atoms with Gasteiger partial charge < -0.3 is 11.1 Å². The second-order valence-electron chi connectivity index (χ2n) is 4.61. The van der Waals surface area contributed by atoms with Gasteiger partial charge in [-0.25, -0.2) is 0 Å². The van der Waals surface area contributed by atoms with Gasteiger partial charge in [0.1, 0.15) is 0 Å². The highest BCUT2D eigenvalue weighted by molar-refractivity contribution is 5.89. The van der Waals surface area contributed by atoms with E-state index in [-0.39, 0.29) is 23.5 Å². The Morgan fingerprint density at radius 1 is 0.895 bits per heavy atom. The maximum atomic E-state index is 11.6. The van der Waals surface area contributed by atoms with E-state index in [2.05, 4.69) is 5.32 Å². The van der Waals surface area contributed by atoms with E-state index in [1.54, 1.807) is 0 Å². The average Bonchev–Trinajstić information content (AvgIpc) is 2.38. The minimum Gasteiger partial charge on any atom is -0.345 e. The predicted octanol–water partition coefficient (Wildman–Crippen LogP) is 2.75. The molecule has 4 nitrogen and oxygen atoms in total. The van der Waals surface area contributed by atoms with Crippen LogP contribution in [0, 0.1) is 11.8 Å². The van der Waals surface area contributed by atoms with E-state index in [9.17, 15) is 9.59 Å². The first kappa shape index (κ1) is 23.2. The van der Waals surface area contributed by atoms with Gasteiger partial charge in [-0.1, -0.05) is 55.4 Å². The molecule has 0 saturated heterocycles. The number of nitrogens with one attached hydrogen (secondary N) is 1. The van der Waals surface area contributed by atoms with Crippen LogP contribution in [0.5, 0.6) is 0 Å². The number of ketones is 1. The highest BCUT2D eigenvalue weighted by Crippen LogP contribution is 2.05. The molecule has 4 heteroatoms. The van der Waals surface area contributed by atoms with Crippen LogP contribution in [0.1, 0.15) is 62.3 Å². The number of carbonyl (C=O) groups excluding carboxylic acids is 2. The molecule has 19 heavy (non-hydrogen) atoms. The minimum absolute atomic E-state index is 0.0330. The van der Waals surface area contributed by atoms with Crippen molar-refractivity contribution < 1.29 is 9.59 Å². The molecule has 0 radical (unpaired) electrons. The van der Waals surface area contributed by atoms with Gasteiger partial charge in [0.15, 0.2) is 5.78 Å². The molecule has 116 valence electrons. The third kappa shape index (κ3) is 10.7. The number of Topliss-reactive ketones (excluding diaryl/α,β-unsaturated/α-hetero) is 1. The molecule has 2 unspecified atom stereocenters. The standard InChI is InChI=1S/C11H22N2O2.2C2H6/c1-6(2)9(12)11(15)13-10(7(3)4)8(5)14;2*1-2/h6-7,9-10H,12H2,1-5H3,(H,13,15);2*1-2H3. The fourth-order valence-electron chi connectivity index (χ4n) is 1.29. The zero-order chi connectivity index (χ0) is 16.2. The fraction of sp³-hybridized carbons (Fsp3) is 0.867. The second-order valence-corrected chi connectivity index (χ2v) is 4.61. The van der Waals surface area contributed by atoms with E-state index >= 15 is 0 Å². The van der Waals surface area contributed by atoms with E-state index in [0.717, 1.165) is 0 Å². The zero-order valence-electron chi connectivity index (χ0n) is 14.2. The molecular formula is C15H34N2O2. The molecule has 0 heterocycles. The summed E-state index contributed by atoms with van der Waals surface area (Å²) in [6.07, 6.45) is 0. The minimum atomic E-state index is -0.550. The normalized spacial score (nSPS) is 12.6. The van der Waals surface area contributed by atoms with Crippen molar-refractivity contribution in [2.24, 2.45) is 17.6 Å². The first-order valence-electron chi connectivity index (χ1n) is 7.33. The first-order chi connectivity index (χ1) is 8.77. The predicted molar refractivity (Wildman–Crippen MR) is 83.0 cm³/mol. The number of nitrogens with two attached hydrogens (primary N) is 1. The first-order valence-corrected chi connectivity index (χ1v) is 7.33. The van der Waals surface area contributed by atoms with Gasteiger partial charge in [0.2, 0.25) is 5.91 Å². The van der Waals surface area contributed by atoms with Crippen molar-refractivity contribution in [3.63, 3.8) is 0 Å². The molecule has 0 aromatic rings. The van der Waals surface area contributed by atoms with Crippen molar-refractivity contribution in [1.29, 1.82) is 0 Å². The summed E-state index contributed by atoms with van der Waals surface area (Å²) in [6, 6.07) is -0.979. The van der Waals surface area contributed by atoms with Crippen molar-refractivity contribution >= 4 is 11.7 Å². The van der Waals surface area contributed by atoms with E-state index in [1.165, 1.54) is 6.92 Å². The van der Waals surface area contributed by atoms with Crippen molar-refractivity contribution in [2.45, 2.75) is 74.4 Å². The van der Waals surface area contributed by atoms with Crippen molar-refractivity contribution in [3.8, 4) is 0 Å². The Kier molecular flexibility index (Phi) is 16.5. The van der Waals surface area contributed by atoms with Gasteiger partial charge in [-0.2, -0.15) is 0 Å². The molecule has 1 amide bonds. The third-order valence-electron chi connectivity index (χ3n) is 2.42. The highest BCUT2D eigenvalue weighted by Gasteiger charge is 2.24. The summed E-state index contributed by atoms with van der Waals surface area (Å²) in [5.41, 5.74) is 5.69. The number of hydrogen-bond acceptors (Lipinski definition) is 3. The molecule has 0 bridgehead atoms. The number of rotatable bonds is 5. The number of carbonyl (C=O) groups is 2. The van der Waals surface area contributed by atoms with Gasteiger partial charge in [0, 0.05) is 0 Å². The Balaban J connectivity index is -0.000000579. The quantitative estimate of drug-likeness (QED) is 0.809. The van der Waals surface area contributed by atoms with E-state index in [1.807, 2.05) is 55.4 Å². The van der Waals surface area contributed by atoms with Crippen LogP contribution in [-0.4, -0.2) is 23.8 Å². The molecule has 0 aromatic heterocycles. The van der Waals surface area contributed by atoms with Crippen LogP contribution < -0.4 is 11.1 Å². The molecule has 3 N–H and O–H groups in total. The van der Waals surface area contributed by atoms with Crippen LogP contribution in [0.4, 0.5) is 0 Å². The maximum Gasteiger partial charge on any atom is 0.237 e. The van der Waals surface area contributed by atoms with E-state index in [0.29, 0.717) is 0 Å². The summed E-state index contributed by atoms with van der Waals surface area (Å²) >= 11 is 0. The molecular weight excluding hydrogens is 240 g/mol. The summed E-state index contributed by atoms with van der Waals surface area (Å²) in [4.78, 5) is 22.9. The third-order valence-corrected chi connectivity index (χ3v) is 2.42. The van der Waals surface area contributed by atoms with Crippen molar-refractivity contribution in [3.05, 3.63) is 0 Å². The zero-order valence-corrected chi connectivity index (χ0v) is 14.2. The SMILES string of the molecule is CC.CC.CC(=O)C(NC(=O)C(N)C(C)C)C(C)C. The van der Waals surface area contributed by atoms with Crippen LogP contribution in [0.3, 0.4) is 0 Å². The van der Waals surface area contributed by atoms with Gasteiger partial charge in [-0.3, -0.25) is 9.59 Å². The number of hydrogen-bond donors (Lipinski definition) is 2. The Hall–Kier alpha value is -0.900. The van der Waals surface area contributed by atoms with Gasteiger partial charge in [-0.05, 0) is 18.8 Å². The van der Waals surface area contributed by atoms with Gasteiger partial charge in [-0.15, -0.1) is 0 Å². The molecule has 0 rings (SSSR count). The largest absolute Gasteiger partial charge is 0.345 e. The lowest BCUT2D eigenvalue weighted by molar-refractivity contribution is -0.129. The van der Waals surface area contributed by atoms with Crippen LogP contribution in [0.2, 0.25) is 0 Å². The average molecular weight is 274 g/mol. The topological polar surface area (TPSA) is 72.2 Å². The monoisotopic (exact) mass is 274 g/mol. The Labute approximate surface area is 119 Å². The Bertz CT molecular complexity index is 238. The summed E-state index contributed by atoms with van der Waals surface area (Å²) < 4.78 is 0. The maximum absolute atomic E-state index is 11.6. The fourth-order valence-corrected chi connectivity index (χ4v) is 1.29. The molecule has 0 spiro atoms. The van der Waals surface area contributed by atoms with E-state index in [4.69, 9.17) is 5.73 Å². The molecule has 0 saturated carbocycles. The van der Waals surface area contributed by atoms with Crippen LogP contribution >= 0.6 is 0 Å². The summed E-state index contributed by atoms with van der Waals surface area (Å²) in [7, 11) is 0. The van der Waals surface area contributed by atoms with E-state index < -0.39 is 12.1 Å². The Morgan fingerprint density at radius 3 is 1.47 bits per heavy atom. The molecule has 2 atom stereocenters. The molecule has 0 aliphatic heterocycles. The van der Waals surface area contributed by atoms with Crippen molar-refractivity contribution in [2.75, 3.05) is 0 Å². The summed E-state index contributed by atoms with van der Waals surface area (Å²) in [6.45, 7) is 17.0. The van der Waals surface area contributed by atoms with Gasteiger partial charge in [0.25, 0.3) is 0 Å². The smallest absolute Gasteiger partial charge is 0.237 e. The molecule has 0 aliphatic rings. The summed E-state index contributed by atoms with van der Waals surface area (Å²) in [5.74, 6) is -0.121. The molecule has 0 aromatic carbocycles. The molecule has 0 aliphatic carbocycles.